The third-order valence-electron chi connectivity index (χ3n) is 4.07. The van der Waals surface area contributed by atoms with Gasteiger partial charge in [0.1, 0.15) is 17.7 Å². The number of aliphatic carboxylic acids is 1. The lowest BCUT2D eigenvalue weighted by molar-refractivity contribution is -0.148. The molecule has 2 aliphatic rings. The fraction of sp³-hybridized carbons (Fsp3) is 0.833. The van der Waals surface area contributed by atoms with E-state index in [4.69, 9.17) is 9.47 Å². The quantitative estimate of drug-likeness (QED) is 0.755. The molecule has 19 heavy (non-hydrogen) atoms. The van der Waals surface area contributed by atoms with Crippen LogP contribution in [0.5, 0.6) is 0 Å². The third kappa shape index (κ3) is 2.52. The molecule has 108 valence electrons. The summed E-state index contributed by atoms with van der Waals surface area (Å²) in [5.74, 6) is -0.960. The summed E-state index contributed by atoms with van der Waals surface area (Å²) >= 11 is 0. The van der Waals surface area contributed by atoms with Gasteiger partial charge >= 0.3 is 12.0 Å². The Morgan fingerprint density at radius 3 is 2.05 bits per heavy atom. The Labute approximate surface area is 111 Å². The summed E-state index contributed by atoms with van der Waals surface area (Å²) < 4.78 is 10.5. The molecule has 0 aromatic heterocycles. The van der Waals surface area contributed by atoms with Gasteiger partial charge in [0.05, 0.1) is 13.1 Å². The lowest BCUT2D eigenvalue weighted by Gasteiger charge is -2.39. The number of nitrogens with zero attached hydrogens (tertiary/aromatic N) is 1. The normalized spacial score (nSPS) is 28.8. The van der Waals surface area contributed by atoms with Gasteiger partial charge in [-0.2, -0.15) is 0 Å². The molecule has 7 nitrogen and oxygen atoms in total. The van der Waals surface area contributed by atoms with E-state index in [1.54, 1.807) is 19.1 Å². The Bertz CT molecular complexity index is 357. The van der Waals surface area contributed by atoms with Gasteiger partial charge in [-0.25, -0.2) is 9.59 Å². The van der Waals surface area contributed by atoms with Crippen LogP contribution in [0.4, 0.5) is 4.79 Å². The van der Waals surface area contributed by atoms with Crippen LogP contribution < -0.4 is 5.32 Å². The van der Waals surface area contributed by atoms with E-state index in [-0.39, 0.29) is 18.2 Å². The van der Waals surface area contributed by atoms with Crippen LogP contribution in [-0.2, 0) is 14.3 Å². The zero-order chi connectivity index (χ0) is 14.0. The number of amides is 2. The van der Waals surface area contributed by atoms with Crippen molar-refractivity contribution in [2.45, 2.75) is 37.0 Å². The van der Waals surface area contributed by atoms with E-state index in [0.717, 1.165) is 6.42 Å². The Kier molecular flexibility index (Phi) is 3.96. The number of hydrogen-bond acceptors (Lipinski definition) is 4. The Morgan fingerprint density at radius 2 is 1.74 bits per heavy atom. The summed E-state index contributed by atoms with van der Waals surface area (Å²) in [5, 5.41) is 11.8. The molecular weight excluding hydrogens is 252 g/mol. The molecule has 2 N–H and O–H groups in total. The minimum atomic E-state index is -1.08. The number of likely N-dealkylation sites (tertiary alicyclic amines) is 1. The minimum Gasteiger partial charge on any atom is -0.480 e. The minimum absolute atomic E-state index is 0.169. The van der Waals surface area contributed by atoms with Gasteiger partial charge in [-0.3, -0.25) is 0 Å². The standard InChI is InChI=1S/C12H20N2O5/c1-18-8-6-14(7-9(8)19-2)11(17)13-12(10(15)16)4-3-5-12/h8-9H,3-7H2,1-2H3,(H,13,17)(H,15,16). The summed E-state index contributed by atoms with van der Waals surface area (Å²) in [5.41, 5.74) is -1.08. The van der Waals surface area contributed by atoms with Crippen molar-refractivity contribution >= 4 is 12.0 Å². The highest BCUT2D eigenvalue weighted by Crippen LogP contribution is 2.32. The number of carboxylic acids is 1. The summed E-state index contributed by atoms with van der Waals surface area (Å²) in [6.45, 7) is 0.826. The molecule has 0 aromatic rings. The van der Waals surface area contributed by atoms with Crippen molar-refractivity contribution in [3.8, 4) is 0 Å². The predicted molar refractivity (Wildman–Crippen MR) is 65.9 cm³/mol. The van der Waals surface area contributed by atoms with E-state index in [9.17, 15) is 14.7 Å². The van der Waals surface area contributed by atoms with Crippen LogP contribution in [0.3, 0.4) is 0 Å². The van der Waals surface area contributed by atoms with Crippen LogP contribution in [0.15, 0.2) is 0 Å². The van der Waals surface area contributed by atoms with Crippen molar-refractivity contribution in [2.24, 2.45) is 0 Å². The number of urea groups is 1. The van der Waals surface area contributed by atoms with Gasteiger partial charge in [0.15, 0.2) is 0 Å². The largest absolute Gasteiger partial charge is 0.480 e. The van der Waals surface area contributed by atoms with Crippen molar-refractivity contribution < 1.29 is 24.2 Å². The predicted octanol–water partition coefficient (Wildman–Crippen LogP) is 0.0489. The first-order valence-electron chi connectivity index (χ1n) is 6.38. The van der Waals surface area contributed by atoms with Gasteiger partial charge in [0.2, 0.25) is 0 Å². The van der Waals surface area contributed by atoms with Gasteiger partial charge in [-0.05, 0) is 19.3 Å². The molecule has 2 unspecified atom stereocenters. The lowest BCUT2D eigenvalue weighted by atomic mass is 9.77. The number of carbonyl (C=O) groups excluding carboxylic acids is 1. The lowest BCUT2D eigenvalue weighted by Crippen LogP contribution is -2.61. The monoisotopic (exact) mass is 272 g/mol. The zero-order valence-electron chi connectivity index (χ0n) is 11.2. The fourth-order valence-corrected chi connectivity index (χ4v) is 2.57. The van der Waals surface area contributed by atoms with Crippen molar-refractivity contribution in [3.63, 3.8) is 0 Å². The number of carboxylic acid groups (broad SMARTS) is 1. The molecule has 1 saturated heterocycles. The Morgan fingerprint density at radius 1 is 1.21 bits per heavy atom. The number of rotatable bonds is 4. The molecule has 0 aromatic carbocycles. The smallest absolute Gasteiger partial charge is 0.329 e. The summed E-state index contributed by atoms with van der Waals surface area (Å²) in [6.07, 6.45) is 1.47. The van der Waals surface area contributed by atoms with Crippen LogP contribution in [0, 0.1) is 0 Å². The molecule has 1 saturated carbocycles. The maximum Gasteiger partial charge on any atom is 0.329 e. The molecule has 1 heterocycles. The molecular formula is C12H20N2O5. The molecule has 7 heteroatoms. The van der Waals surface area contributed by atoms with Crippen molar-refractivity contribution in [3.05, 3.63) is 0 Å². The molecule has 2 fully saturated rings. The second-order valence-corrected chi connectivity index (χ2v) is 5.12. The van der Waals surface area contributed by atoms with E-state index < -0.39 is 11.5 Å². The van der Waals surface area contributed by atoms with Crippen LogP contribution in [0.2, 0.25) is 0 Å². The van der Waals surface area contributed by atoms with Crippen LogP contribution >= 0.6 is 0 Å². The van der Waals surface area contributed by atoms with Gasteiger partial charge in [0.25, 0.3) is 0 Å². The van der Waals surface area contributed by atoms with Gasteiger partial charge in [0, 0.05) is 14.2 Å². The average molecular weight is 272 g/mol. The zero-order valence-corrected chi connectivity index (χ0v) is 11.2. The highest BCUT2D eigenvalue weighted by atomic mass is 16.5. The van der Waals surface area contributed by atoms with Gasteiger partial charge in [-0.15, -0.1) is 0 Å². The Hall–Kier alpha value is -1.34. The molecule has 1 aliphatic heterocycles. The molecule has 2 atom stereocenters. The fourth-order valence-electron chi connectivity index (χ4n) is 2.57. The average Bonchev–Trinajstić information content (AvgIpc) is 2.76. The maximum atomic E-state index is 12.1. The topological polar surface area (TPSA) is 88.1 Å². The number of ether oxygens (including phenoxy) is 2. The van der Waals surface area contributed by atoms with Crippen molar-refractivity contribution in [1.82, 2.24) is 10.2 Å². The van der Waals surface area contributed by atoms with E-state index >= 15 is 0 Å². The van der Waals surface area contributed by atoms with Crippen molar-refractivity contribution in [1.29, 1.82) is 0 Å². The SMILES string of the molecule is COC1CN(C(=O)NC2(C(=O)O)CCC2)CC1OC. The highest BCUT2D eigenvalue weighted by molar-refractivity contribution is 5.87. The highest BCUT2D eigenvalue weighted by Gasteiger charge is 2.47. The van der Waals surface area contributed by atoms with E-state index in [1.807, 2.05) is 0 Å². The van der Waals surface area contributed by atoms with Gasteiger partial charge in [-0.1, -0.05) is 0 Å². The number of carbonyl (C=O) groups is 2. The first kappa shape index (κ1) is 14.1. The molecule has 1 aliphatic carbocycles. The molecule has 0 spiro atoms. The number of nitrogens with one attached hydrogen (secondary N) is 1. The van der Waals surface area contributed by atoms with E-state index in [1.165, 1.54) is 0 Å². The molecule has 2 amide bonds. The van der Waals surface area contributed by atoms with E-state index in [2.05, 4.69) is 5.32 Å². The summed E-state index contributed by atoms with van der Waals surface area (Å²) in [7, 11) is 3.14. The first-order chi connectivity index (χ1) is 9.02. The summed E-state index contributed by atoms with van der Waals surface area (Å²) in [4.78, 5) is 24.9. The van der Waals surface area contributed by atoms with Crippen LogP contribution in [-0.4, -0.2) is 67.1 Å². The molecule has 0 bridgehead atoms. The van der Waals surface area contributed by atoms with Gasteiger partial charge < -0.3 is 24.8 Å². The van der Waals surface area contributed by atoms with Crippen molar-refractivity contribution in [2.75, 3.05) is 27.3 Å². The van der Waals surface area contributed by atoms with Crippen LogP contribution in [0.1, 0.15) is 19.3 Å². The van der Waals surface area contributed by atoms with E-state index in [0.29, 0.717) is 25.9 Å². The Balaban J connectivity index is 1.96. The molecule has 2 rings (SSSR count). The molecule has 0 radical (unpaired) electrons. The maximum absolute atomic E-state index is 12.1. The summed E-state index contributed by atoms with van der Waals surface area (Å²) in [6, 6.07) is -0.358. The second-order valence-electron chi connectivity index (χ2n) is 5.12. The third-order valence-corrected chi connectivity index (χ3v) is 4.07. The first-order valence-corrected chi connectivity index (χ1v) is 6.38. The number of hydrogen-bond donors (Lipinski definition) is 2. The second kappa shape index (κ2) is 5.34. The number of methoxy groups -OCH3 is 2. The van der Waals surface area contributed by atoms with Crippen LogP contribution in [0.25, 0.3) is 0 Å².